The molecule has 0 unspecified atom stereocenters. The van der Waals surface area contributed by atoms with Gasteiger partial charge in [-0.15, -0.1) is 0 Å². The van der Waals surface area contributed by atoms with E-state index in [-0.39, 0.29) is 5.54 Å². The lowest BCUT2D eigenvalue weighted by atomic mass is 10.1. The molecule has 0 saturated heterocycles. The molecule has 108 valence electrons. The smallest absolute Gasteiger partial charge is 0.139 e. The molecule has 1 N–H and O–H groups in total. The fourth-order valence-electron chi connectivity index (χ4n) is 2.29. The zero-order chi connectivity index (χ0) is 15.0. The van der Waals surface area contributed by atoms with Gasteiger partial charge < -0.3 is 5.32 Å². The summed E-state index contributed by atoms with van der Waals surface area (Å²) in [5.74, 6) is 1.02. The molecule has 2 aromatic heterocycles. The van der Waals surface area contributed by atoms with E-state index in [2.05, 4.69) is 58.6 Å². The first-order valence-corrected chi connectivity index (χ1v) is 7.74. The standard InChI is InChI=1S/C17H18BrN3/c1-17(2,3)20-16-15(12-7-5-4-6-8-12)19-14-10-9-13(18)11-21(14)16/h4-11,20H,1-3H3. The van der Waals surface area contributed by atoms with Crippen molar-refractivity contribution in [3.8, 4) is 11.3 Å². The van der Waals surface area contributed by atoms with Crippen molar-refractivity contribution in [1.29, 1.82) is 0 Å². The van der Waals surface area contributed by atoms with Gasteiger partial charge in [-0.2, -0.15) is 0 Å². The van der Waals surface area contributed by atoms with Gasteiger partial charge in [0.15, 0.2) is 0 Å². The Bertz CT molecular complexity index is 770. The quantitative estimate of drug-likeness (QED) is 0.711. The first-order valence-electron chi connectivity index (χ1n) is 6.95. The van der Waals surface area contributed by atoms with E-state index in [1.165, 1.54) is 0 Å². The van der Waals surface area contributed by atoms with Crippen molar-refractivity contribution in [2.24, 2.45) is 0 Å². The van der Waals surface area contributed by atoms with Crippen molar-refractivity contribution in [3.63, 3.8) is 0 Å². The molecule has 0 radical (unpaired) electrons. The summed E-state index contributed by atoms with van der Waals surface area (Å²) in [6.45, 7) is 6.46. The Kier molecular flexibility index (Phi) is 3.49. The molecule has 0 aliphatic heterocycles. The van der Waals surface area contributed by atoms with Crippen LogP contribution in [0.2, 0.25) is 0 Å². The van der Waals surface area contributed by atoms with E-state index in [0.717, 1.165) is 27.2 Å². The lowest BCUT2D eigenvalue weighted by Crippen LogP contribution is -2.27. The summed E-state index contributed by atoms with van der Waals surface area (Å²) in [5, 5.41) is 3.58. The van der Waals surface area contributed by atoms with Crippen LogP contribution < -0.4 is 5.32 Å². The average Bonchev–Trinajstić information content (AvgIpc) is 2.76. The first-order chi connectivity index (χ1) is 9.94. The van der Waals surface area contributed by atoms with E-state index in [0.29, 0.717) is 0 Å². The van der Waals surface area contributed by atoms with Crippen molar-refractivity contribution in [2.75, 3.05) is 5.32 Å². The highest BCUT2D eigenvalue weighted by Crippen LogP contribution is 2.31. The summed E-state index contributed by atoms with van der Waals surface area (Å²) in [7, 11) is 0. The van der Waals surface area contributed by atoms with Crippen LogP contribution in [0.25, 0.3) is 16.9 Å². The van der Waals surface area contributed by atoms with E-state index in [1.807, 2.05) is 36.5 Å². The number of halogens is 1. The molecule has 0 aliphatic carbocycles. The van der Waals surface area contributed by atoms with Crippen molar-refractivity contribution in [2.45, 2.75) is 26.3 Å². The minimum Gasteiger partial charge on any atom is -0.365 e. The molecule has 0 atom stereocenters. The van der Waals surface area contributed by atoms with Gasteiger partial charge in [-0.1, -0.05) is 30.3 Å². The molecule has 0 spiro atoms. The van der Waals surface area contributed by atoms with Crippen LogP contribution in [0, 0.1) is 0 Å². The molecule has 0 amide bonds. The van der Waals surface area contributed by atoms with Gasteiger partial charge in [0.2, 0.25) is 0 Å². The largest absolute Gasteiger partial charge is 0.365 e. The van der Waals surface area contributed by atoms with E-state index in [4.69, 9.17) is 4.98 Å². The van der Waals surface area contributed by atoms with Gasteiger partial charge in [0.25, 0.3) is 0 Å². The van der Waals surface area contributed by atoms with Crippen LogP contribution in [0.4, 0.5) is 5.82 Å². The molecule has 3 aromatic rings. The second kappa shape index (κ2) is 5.19. The van der Waals surface area contributed by atoms with Gasteiger partial charge in [0, 0.05) is 21.8 Å². The van der Waals surface area contributed by atoms with Crippen LogP contribution in [0.3, 0.4) is 0 Å². The van der Waals surface area contributed by atoms with E-state index in [1.54, 1.807) is 0 Å². The van der Waals surface area contributed by atoms with Gasteiger partial charge in [-0.05, 0) is 48.8 Å². The Labute approximate surface area is 133 Å². The van der Waals surface area contributed by atoms with E-state index >= 15 is 0 Å². The Morgan fingerprint density at radius 2 is 1.76 bits per heavy atom. The molecule has 4 heteroatoms. The van der Waals surface area contributed by atoms with Gasteiger partial charge in [0.05, 0.1) is 0 Å². The molecule has 2 heterocycles. The molecule has 3 rings (SSSR count). The number of aromatic nitrogens is 2. The zero-order valence-electron chi connectivity index (χ0n) is 12.4. The molecule has 0 fully saturated rings. The Morgan fingerprint density at radius 1 is 1.05 bits per heavy atom. The summed E-state index contributed by atoms with van der Waals surface area (Å²) in [4.78, 5) is 4.79. The highest BCUT2D eigenvalue weighted by atomic mass is 79.9. The zero-order valence-corrected chi connectivity index (χ0v) is 14.0. The number of benzene rings is 1. The fraction of sp³-hybridized carbons (Fsp3) is 0.235. The molecular formula is C17H18BrN3. The van der Waals surface area contributed by atoms with Gasteiger partial charge >= 0.3 is 0 Å². The summed E-state index contributed by atoms with van der Waals surface area (Å²) in [6, 6.07) is 14.3. The third-order valence-electron chi connectivity index (χ3n) is 3.12. The third-order valence-corrected chi connectivity index (χ3v) is 3.59. The fourth-order valence-corrected chi connectivity index (χ4v) is 2.63. The second-order valence-electron chi connectivity index (χ2n) is 6.13. The summed E-state index contributed by atoms with van der Waals surface area (Å²) < 4.78 is 3.13. The average molecular weight is 344 g/mol. The predicted molar refractivity (Wildman–Crippen MR) is 91.7 cm³/mol. The number of nitrogens with one attached hydrogen (secondary N) is 1. The first kappa shape index (κ1) is 14.1. The van der Waals surface area contributed by atoms with Crippen LogP contribution >= 0.6 is 15.9 Å². The highest BCUT2D eigenvalue weighted by Gasteiger charge is 2.19. The summed E-state index contributed by atoms with van der Waals surface area (Å²) >= 11 is 3.54. The molecule has 0 bridgehead atoms. The number of rotatable bonds is 2. The van der Waals surface area contributed by atoms with Crippen LogP contribution in [-0.4, -0.2) is 14.9 Å². The van der Waals surface area contributed by atoms with Crippen LogP contribution in [0.5, 0.6) is 0 Å². The maximum absolute atomic E-state index is 4.79. The molecule has 3 nitrogen and oxygen atoms in total. The topological polar surface area (TPSA) is 29.3 Å². The maximum Gasteiger partial charge on any atom is 0.139 e. The Hall–Kier alpha value is -1.81. The van der Waals surface area contributed by atoms with Crippen LogP contribution in [-0.2, 0) is 0 Å². The molecule has 1 aromatic carbocycles. The maximum atomic E-state index is 4.79. The third kappa shape index (κ3) is 2.95. The van der Waals surface area contributed by atoms with Crippen molar-refractivity contribution >= 4 is 27.4 Å². The van der Waals surface area contributed by atoms with Crippen LogP contribution in [0.15, 0.2) is 53.1 Å². The highest BCUT2D eigenvalue weighted by molar-refractivity contribution is 9.10. The second-order valence-corrected chi connectivity index (χ2v) is 7.04. The molecule has 21 heavy (non-hydrogen) atoms. The lowest BCUT2D eigenvalue weighted by molar-refractivity contribution is 0.629. The SMILES string of the molecule is CC(C)(C)Nc1c(-c2ccccc2)nc2ccc(Br)cn12. The molecule has 0 aliphatic rings. The Morgan fingerprint density at radius 3 is 2.43 bits per heavy atom. The van der Waals surface area contributed by atoms with Gasteiger partial charge in [-0.3, -0.25) is 4.40 Å². The van der Waals surface area contributed by atoms with Crippen molar-refractivity contribution in [3.05, 3.63) is 53.1 Å². The van der Waals surface area contributed by atoms with E-state index < -0.39 is 0 Å². The molecular weight excluding hydrogens is 326 g/mol. The number of pyridine rings is 1. The number of anilines is 1. The number of hydrogen-bond acceptors (Lipinski definition) is 2. The number of fused-ring (bicyclic) bond motifs is 1. The Balaban J connectivity index is 2.25. The minimum absolute atomic E-state index is 0.0399. The minimum atomic E-state index is -0.0399. The van der Waals surface area contributed by atoms with Crippen LogP contribution in [0.1, 0.15) is 20.8 Å². The summed E-state index contributed by atoms with van der Waals surface area (Å²) in [6.07, 6.45) is 2.04. The predicted octanol–water partition coefficient (Wildman–Crippen LogP) is 4.97. The lowest BCUT2D eigenvalue weighted by Gasteiger charge is -2.22. The monoisotopic (exact) mass is 343 g/mol. The number of nitrogens with zero attached hydrogens (tertiary/aromatic N) is 2. The van der Waals surface area contributed by atoms with Crippen molar-refractivity contribution < 1.29 is 0 Å². The van der Waals surface area contributed by atoms with Gasteiger partial charge in [0.1, 0.15) is 17.2 Å². The van der Waals surface area contributed by atoms with E-state index in [9.17, 15) is 0 Å². The number of imidazole rings is 1. The summed E-state index contributed by atoms with van der Waals surface area (Å²) in [5.41, 5.74) is 2.98. The van der Waals surface area contributed by atoms with Crippen molar-refractivity contribution in [1.82, 2.24) is 9.38 Å². The van der Waals surface area contributed by atoms with Gasteiger partial charge in [-0.25, -0.2) is 4.98 Å². The molecule has 0 saturated carbocycles. The number of hydrogen-bond donors (Lipinski definition) is 1. The normalized spacial score (nSPS) is 11.8.